The molecule has 1 aromatic carbocycles. The summed E-state index contributed by atoms with van der Waals surface area (Å²) in [5, 5.41) is 0. The standard InChI is InChI=1S/C14H20N2O2/c1-11-9-12(15)5-6-13(11)18-10-14(17)16-7-3-2-4-8-16/h5-6,9H,2-4,7-8,10,15H2,1H3. The van der Waals surface area contributed by atoms with Crippen molar-refractivity contribution in [3.63, 3.8) is 0 Å². The molecule has 2 rings (SSSR count). The number of amides is 1. The second kappa shape index (κ2) is 5.76. The van der Waals surface area contributed by atoms with Gasteiger partial charge in [0.25, 0.3) is 5.91 Å². The lowest BCUT2D eigenvalue weighted by atomic mass is 10.1. The molecule has 2 N–H and O–H groups in total. The number of piperidine rings is 1. The van der Waals surface area contributed by atoms with Gasteiger partial charge in [-0.1, -0.05) is 0 Å². The van der Waals surface area contributed by atoms with Crippen molar-refractivity contribution in [2.45, 2.75) is 26.2 Å². The van der Waals surface area contributed by atoms with Crippen molar-refractivity contribution in [1.29, 1.82) is 0 Å². The molecule has 1 aliphatic heterocycles. The highest BCUT2D eigenvalue weighted by molar-refractivity contribution is 5.77. The van der Waals surface area contributed by atoms with E-state index < -0.39 is 0 Å². The van der Waals surface area contributed by atoms with Crippen molar-refractivity contribution < 1.29 is 9.53 Å². The number of nitrogens with zero attached hydrogens (tertiary/aromatic N) is 1. The van der Waals surface area contributed by atoms with E-state index in [0.29, 0.717) is 5.69 Å². The Labute approximate surface area is 108 Å². The molecule has 1 aliphatic rings. The molecule has 4 nitrogen and oxygen atoms in total. The molecular formula is C14H20N2O2. The summed E-state index contributed by atoms with van der Waals surface area (Å²) < 4.78 is 5.56. The van der Waals surface area contributed by atoms with Crippen LogP contribution < -0.4 is 10.5 Å². The monoisotopic (exact) mass is 248 g/mol. The highest BCUT2D eigenvalue weighted by Crippen LogP contribution is 2.20. The highest BCUT2D eigenvalue weighted by Gasteiger charge is 2.16. The van der Waals surface area contributed by atoms with Gasteiger partial charge in [-0.3, -0.25) is 4.79 Å². The number of likely N-dealkylation sites (tertiary alicyclic amines) is 1. The molecule has 1 fully saturated rings. The van der Waals surface area contributed by atoms with Gasteiger partial charge in [-0.05, 0) is 49.9 Å². The average Bonchev–Trinajstić information content (AvgIpc) is 2.38. The van der Waals surface area contributed by atoms with Crippen LogP contribution in [0.5, 0.6) is 5.75 Å². The number of carbonyl (C=O) groups excluding carboxylic acids is 1. The van der Waals surface area contributed by atoms with Crippen LogP contribution in [0.15, 0.2) is 18.2 Å². The van der Waals surface area contributed by atoms with Gasteiger partial charge in [-0.25, -0.2) is 0 Å². The van der Waals surface area contributed by atoms with Crippen molar-refractivity contribution in [2.75, 3.05) is 25.4 Å². The second-order valence-electron chi connectivity index (χ2n) is 4.76. The van der Waals surface area contributed by atoms with Crippen LogP contribution in [-0.4, -0.2) is 30.5 Å². The maximum Gasteiger partial charge on any atom is 0.260 e. The van der Waals surface area contributed by atoms with Crippen LogP contribution in [0.3, 0.4) is 0 Å². The Morgan fingerprint density at radius 1 is 1.33 bits per heavy atom. The maximum absolute atomic E-state index is 11.9. The minimum absolute atomic E-state index is 0.0749. The summed E-state index contributed by atoms with van der Waals surface area (Å²) in [7, 11) is 0. The zero-order chi connectivity index (χ0) is 13.0. The predicted molar refractivity (Wildman–Crippen MR) is 71.5 cm³/mol. The van der Waals surface area contributed by atoms with Crippen molar-refractivity contribution in [1.82, 2.24) is 4.90 Å². The quantitative estimate of drug-likeness (QED) is 0.832. The molecule has 1 saturated heterocycles. The van der Waals surface area contributed by atoms with Crippen LogP contribution in [0.1, 0.15) is 24.8 Å². The molecule has 18 heavy (non-hydrogen) atoms. The van der Waals surface area contributed by atoms with Crippen molar-refractivity contribution in [2.24, 2.45) is 0 Å². The predicted octanol–water partition coefficient (Wildman–Crippen LogP) is 1.97. The smallest absolute Gasteiger partial charge is 0.260 e. The van der Waals surface area contributed by atoms with Gasteiger partial charge >= 0.3 is 0 Å². The van der Waals surface area contributed by atoms with Gasteiger partial charge in [0.2, 0.25) is 0 Å². The third-order valence-electron chi connectivity index (χ3n) is 3.26. The molecule has 4 heteroatoms. The van der Waals surface area contributed by atoms with Crippen molar-refractivity contribution >= 4 is 11.6 Å². The number of rotatable bonds is 3. The summed E-state index contributed by atoms with van der Waals surface area (Å²) in [5.74, 6) is 0.806. The summed E-state index contributed by atoms with van der Waals surface area (Å²) in [5.41, 5.74) is 7.34. The fourth-order valence-electron chi connectivity index (χ4n) is 2.21. The molecule has 0 radical (unpaired) electrons. The van der Waals surface area contributed by atoms with Crippen LogP contribution in [0.25, 0.3) is 0 Å². The Hall–Kier alpha value is -1.71. The minimum Gasteiger partial charge on any atom is -0.483 e. The Morgan fingerprint density at radius 3 is 2.72 bits per heavy atom. The molecule has 0 spiro atoms. The third kappa shape index (κ3) is 3.15. The topological polar surface area (TPSA) is 55.6 Å². The molecule has 0 saturated carbocycles. The van der Waals surface area contributed by atoms with E-state index in [9.17, 15) is 4.79 Å². The number of hydrogen-bond donors (Lipinski definition) is 1. The highest BCUT2D eigenvalue weighted by atomic mass is 16.5. The van der Waals surface area contributed by atoms with Crippen LogP contribution in [0.2, 0.25) is 0 Å². The van der Waals surface area contributed by atoms with Gasteiger partial charge in [0.1, 0.15) is 5.75 Å². The van der Waals surface area contributed by atoms with E-state index in [1.807, 2.05) is 24.0 Å². The lowest BCUT2D eigenvalue weighted by Gasteiger charge is -2.26. The number of anilines is 1. The van der Waals surface area contributed by atoms with Gasteiger partial charge in [-0.2, -0.15) is 0 Å². The number of nitrogen functional groups attached to an aromatic ring is 1. The normalized spacial score (nSPS) is 15.5. The zero-order valence-electron chi connectivity index (χ0n) is 10.8. The summed E-state index contributed by atoms with van der Waals surface area (Å²) in [6.45, 7) is 3.77. The fourth-order valence-corrected chi connectivity index (χ4v) is 2.21. The number of hydrogen-bond acceptors (Lipinski definition) is 3. The molecule has 1 amide bonds. The van der Waals surface area contributed by atoms with E-state index in [2.05, 4.69) is 0 Å². The number of nitrogens with two attached hydrogens (primary N) is 1. The first-order valence-corrected chi connectivity index (χ1v) is 6.43. The number of carbonyl (C=O) groups is 1. The molecule has 0 aliphatic carbocycles. The molecule has 0 bridgehead atoms. The molecular weight excluding hydrogens is 228 g/mol. The lowest BCUT2D eigenvalue weighted by Crippen LogP contribution is -2.38. The molecule has 0 aromatic heterocycles. The Bertz CT molecular complexity index is 426. The van der Waals surface area contributed by atoms with E-state index in [-0.39, 0.29) is 12.5 Å². The summed E-state index contributed by atoms with van der Waals surface area (Å²) >= 11 is 0. The maximum atomic E-state index is 11.9. The molecule has 1 heterocycles. The van der Waals surface area contributed by atoms with E-state index in [4.69, 9.17) is 10.5 Å². The van der Waals surface area contributed by atoms with Gasteiger partial charge in [-0.15, -0.1) is 0 Å². The van der Waals surface area contributed by atoms with E-state index >= 15 is 0 Å². The molecule has 0 atom stereocenters. The van der Waals surface area contributed by atoms with Gasteiger partial charge < -0.3 is 15.4 Å². The Morgan fingerprint density at radius 2 is 2.06 bits per heavy atom. The van der Waals surface area contributed by atoms with Crippen molar-refractivity contribution in [3.8, 4) is 5.75 Å². The summed E-state index contributed by atoms with van der Waals surface area (Å²) in [6.07, 6.45) is 3.43. The van der Waals surface area contributed by atoms with Gasteiger partial charge in [0, 0.05) is 18.8 Å². The Kier molecular flexibility index (Phi) is 4.07. The molecule has 1 aromatic rings. The van der Waals surface area contributed by atoms with Crippen molar-refractivity contribution in [3.05, 3.63) is 23.8 Å². The SMILES string of the molecule is Cc1cc(N)ccc1OCC(=O)N1CCCCC1. The van der Waals surface area contributed by atoms with E-state index in [0.717, 1.165) is 37.2 Å². The van der Waals surface area contributed by atoms with E-state index in [1.54, 1.807) is 6.07 Å². The first kappa shape index (κ1) is 12.7. The van der Waals surface area contributed by atoms with E-state index in [1.165, 1.54) is 6.42 Å². The number of aryl methyl sites for hydroxylation is 1. The number of ether oxygens (including phenoxy) is 1. The van der Waals surface area contributed by atoms with Gasteiger partial charge in [0.15, 0.2) is 6.61 Å². The molecule has 98 valence electrons. The third-order valence-corrected chi connectivity index (χ3v) is 3.26. The summed E-state index contributed by atoms with van der Waals surface area (Å²) in [4.78, 5) is 13.8. The largest absolute Gasteiger partial charge is 0.483 e. The van der Waals surface area contributed by atoms with Gasteiger partial charge in [0.05, 0.1) is 0 Å². The first-order valence-electron chi connectivity index (χ1n) is 6.43. The lowest BCUT2D eigenvalue weighted by molar-refractivity contribution is -0.134. The average molecular weight is 248 g/mol. The van der Waals surface area contributed by atoms with Crippen LogP contribution in [0, 0.1) is 6.92 Å². The summed E-state index contributed by atoms with van der Waals surface area (Å²) in [6, 6.07) is 5.45. The second-order valence-corrected chi connectivity index (χ2v) is 4.76. The Balaban J connectivity index is 1.88. The molecule has 0 unspecified atom stereocenters. The number of benzene rings is 1. The van der Waals surface area contributed by atoms with Crippen LogP contribution >= 0.6 is 0 Å². The van der Waals surface area contributed by atoms with Crippen LogP contribution in [0.4, 0.5) is 5.69 Å². The minimum atomic E-state index is 0.0749. The fraction of sp³-hybridized carbons (Fsp3) is 0.500. The van der Waals surface area contributed by atoms with Crippen LogP contribution in [-0.2, 0) is 4.79 Å². The zero-order valence-corrected chi connectivity index (χ0v) is 10.8. The first-order chi connectivity index (χ1) is 8.66.